The van der Waals surface area contributed by atoms with Crippen LogP contribution in [0, 0.1) is 6.92 Å². The minimum Gasteiger partial charge on any atom is -0.490 e. The molecule has 0 atom stereocenters. The summed E-state index contributed by atoms with van der Waals surface area (Å²) in [5, 5.41) is 10.2. The number of aryl methyl sites for hydroxylation is 1. The van der Waals surface area contributed by atoms with E-state index in [-0.39, 0.29) is 0 Å². The molecule has 86 valence electrons. The largest absolute Gasteiger partial charge is 0.490 e. The van der Waals surface area contributed by atoms with E-state index in [1.54, 1.807) is 0 Å². The van der Waals surface area contributed by atoms with Crippen molar-refractivity contribution < 1.29 is 9.84 Å². The molecule has 2 nitrogen and oxygen atoms in total. The van der Waals surface area contributed by atoms with Crippen molar-refractivity contribution in [2.75, 3.05) is 0 Å². The first-order valence-corrected chi connectivity index (χ1v) is 6.18. The van der Waals surface area contributed by atoms with E-state index in [1.807, 2.05) is 6.07 Å². The van der Waals surface area contributed by atoms with Crippen LogP contribution < -0.4 is 4.74 Å². The fraction of sp³-hybridized carbons (Fsp3) is 0.571. The van der Waals surface area contributed by atoms with Crippen LogP contribution in [-0.2, 0) is 5.60 Å². The van der Waals surface area contributed by atoms with Crippen LogP contribution in [-0.4, -0.2) is 11.2 Å². The predicted molar refractivity (Wildman–Crippen MR) is 62.6 cm³/mol. The molecule has 0 spiro atoms. The maximum atomic E-state index is 10.2. The molecule has 2 saturated carbocycles. The third kappa shape index (κ3) is 1.71. The van der Waals surface area contributed by atoms with E-state index in [0.717, 1.165) is 37.0 Å². The summed E-state index contributed by atoms with van der Waals surface area (Å²) in [6.45, 7) is 2.06. The molecule has 2 aliphatic rings. The van der Waals surface area contributed by atoms with Crippen LogP contribution >= 0.6 is 0 Å². The molecule has 0 bridgehead atoms. The summed E-state index contributed by atoms with van der Waals surface area (Å²) in [6, 6.07) is 6.14. The molecule has 2 fully saturated rings. The molecular formula is C14H18O2. The summed E-state index contributed by atoms with van der Waals surface area (Å²) < 4.78 is 5.94. The van der Waals surface area contributed by atoms with Gasteiger partial charge in [0.2, 0.25) is 0 Å². The Kier molecular flexibility index (Phi) is 2.21. The van der Waals surface area contributed by atoms with Crippen molar-refractivity contribution in [2.24, 2.45) is 0 Å². The zero-order valence-corrected chi connectivity index (χ0v) is 9.70. The van der Waals surface area contributed by atoms with Crippen molar-refractivity contribution in [2.45, 2.75) is 50.7 Å². The molecule has 0 unspecified atom stereocenters. The van der Waals surface area contributed by atoms with E-state index in [4.69, 9.17) is 4.74 Å². The normalized spacial score (nSPS) is 22.6. The molecule has 0 amide bonds. The van der Waals surface area contributed by atoms with Crippen LogP contribution in [0.25, 0.3) is 0 Å². The number of aliphatic hydroxyl groups is 1. The van der Waals surface area contributed by atoms with Crippen molar-refractivity contribution in [3.8, 4) is 5.75 Å². The Morgan fingerprint density at radius 1 is 1.31 bits per heavy atom. The predicted octanol–water partition coefficient (Wildman–Crippen LogP) is 2.91. The van der Waals surface area contributed by atoms with E-state index in [9.17, 15) is 5.11 Å². The number of rotatable bonds is 3. The highest BCUT2D eigenvalue weighted by Crippen LogP contribution is 2.49. The standard InChI is InChI=1S/C14H18O2/c1-10-5-6-13(16-11-3-2-4-11)12(9-10)14(15)7-8-14/h5-6,9,11,15H,2-4,7-8H2,1H3. The highest BCUT2D eigenvalue weighted by molar-refractivity contribution is 5.43. The number of ether oxygens (including phenoxy) is 1. The van der Waals surface area contributed by atoms with Crippen molar-refractivity contribution in [3.05, 3.63) is 29.3 Å². The Hall–Kier alpha value is -1.02. The van der Waals surface area contributed by atoms with Crippen molar-refractivity contribution in [1.82, 2.24) is 0 Å². The Morgan fingerprint density at radius 3 is 2.62 bits per heavy atom. The molecular weight excluding hydrogens is 200 g/mol. The maximum absolute atomic E-state index is 10.2. The van der Waals surface area contributed by atoms with Gasteiger partial charge in [-0.1, -0.05) is 11.6 Å². The third-order valence-corrected chi connectivity index (χ3v) is 3.71. The molecule has 0 saturated heterocycles. The van der Waals surface area contributed by atoms with Gasteiger partial charge in [-0.15, -0.1) is 0 Å². The first-order chi connectivity index (χ1) is 7.67. The molecule has 1 aromatic carbocycles. The second-order valence-corrected chi connectivity index (χ2v) is 5.20. The van der Waals surface area contributed by atoms with Gasteiger partial charge in [-0.05, 0) is 51.2 Å². The maximum Gasteiger partial charge on any atom is 0.125 e. The second-order valence-electron chi connectivity index (χ2n) is 5.20. The van der Waals surface area contributed by atoms with Crippen molar-refractivity contribution in [3.63, 3.8) is 0 Å². The minimum absolute atomic E-state index is 0.379. The van der Waals surface area contributed by atoms with Crippen LogP contribution in [0.3, 0.4) is 0 Å². The topological polar surface area (TPSA) is 29.5 Å². The van der Waals surface area contributed by atoms with E-state index in [0.29, 0.717) is 6.10 Å². The van der Waals surface area contributed by atoms with Crippen LogP contribution in [0.1, 0.15) is 43.2 Å². The molecule has 0 radical (unpaired) electrons. The first-order valence-electron chi connectivity index (χ1n) is 6.18. The second kappa shape index (κ2) is 3.49. The Balaban J connectivity index is 1.89. The molecule has 1 N–H and O–H groups in total. The van der Waals surface area contributed by atoms with Gasteiger partial charge in [-0.25, -0.2) is 0 Å². The summed E-state index contributed by atoms with van der Waals surface area (Å²) in [7, 11) is 0. The van der Waals surface area contributed by atoms with Gasteiger partial charge in [-0.2, -0.15) is 0 Å². The monoisotopic (exact) mass is 218 g/mol. The smallest absolute Gasteiger partial charge is 0.125 e. The van der Waals surface area contributed by atoms with E-state index in [2.05, 4.69) is 19.1 Å². The van der Waals surface area contributed by atoms with Gasteiger partial charge in [0, 0.05) is 5.56 Å². The zero-order valence-electron chi connectivity index (χ0n) is 9.70. The van der Waals surface area contributed by atoms with E-state index < -0.39 is 5.60 Å². The van der Waals surface area contributed by atoms with Gasteiger partial charge in [0.1, 0.15) is 5.75 Å². The Morgan fingerprint density at radius 2 is 2.06 bits per heavy atom. The average Bonchev–Trinajstić information content (AvgIpc) is 2.93. The first kappa shape index (κ1) is 10.2. The van der Waals surface area contributed by atoms with Crippen LogP contribution in [0.5, 0.6) is 5.75 Å². The lowest BCUT2D eigenvalue weighted by atomic mass is 9.95. The summed E-state index contributed by atoms with van der Waals surface area (Å²) in [5.74, 6) is 0.898. The number of hydrogen-bond donors (Lipinski definition) is 1. The highest BCUT2D eigenvalue weighted by Gasteiger charge is 2.44. The molecule has 3 rings (SSSR count). The number of benzene rings is 1. The molecule has 2 heteroatoms. The summed E-state index contributed by atoms with van der Waals surface area (Å²) in [6.07, 6.45) is 5.71. The van der Waals surface area contributed by atoms with Gasteiger partial charge in [-0.3, -0.25) is 0 Å². The van der Waals surface area contributed by atoms with Crippen LogP contribution in [0.15, 0.2) is 18.2 Å². The Labute approximate surface area is 96.2 Å². The number of hydrogen-bond acceptors (Lipinski definition) is 2. The van der Waals surface area contributed by atoms with Crippen LogP contribution in [0.2, 0.25) is 0 Å². The van der Waals surface area contributed by atoms with E-state index >= 15 is 0 Å². The van der Waals surface area contributed by atoms with Gasteiger partial charge >= 0.3 is 0 Å². The summed E-state index contributed by atoms with van der Waals surface area (Å²) >= 11 is 0. The van der Waals surface area contributed by atoms with E-state index in [1.165, 1.54) is 12.0 Å². The Bertz CT molecular complexity index is 403. The zero-order chi connectivity index (χ0) is 11.2. The summed E-state index contributed by atoms with van der Waals surface area (Å²) in [5.41, 5.74) is 1.60. The third-order valence-electron chi connectivity index (χ3n) is 3.71. The lowest BCUT2D eigenvalue weighted by Crippen LogP contribution is -2.25. The fourth-order valence-corrected chi connectivity index (χ4v) is 2.17. The molecule has 2 aliphatic carbocycles. The molecule has 0 heterocycles. The SMILES string of the molecule is Cc1ccc(OC2CCC2)c(C2(O)CC2)c1. The molecule has 0 aliphatic heterocycles. The molecule has 16 heavy (non-hydrogen) atoms. The van der Waals surface area contributed by atoms with Gasteiger partial charge in [0.05, 0.1) is 11.7 Å². The average molecular weight is 218 g/mol. The lowest BCUT2D eigenvalue weighted by Gasteiger charge is -2.28. The van der Waals surface area contributed by atoms with Crippen molar-refractivity contribution in [1.29, 1.82) is 0 Å². The molecule has 0 aromatic heterocycles. The summed E-state index contributed by atoms with van der Waals surface area (Å²) in [4.78, 5) is 0. The van der Waals surface area contributed by atoms with Gasteiger partial charge in [0.15, 0.2) is 0 Å². The van der Waals surface area contributed by atoms with Crippen molar-refractivity contribution >= 4 is 0 Å². The minimum atomic E-state index is -0.592. The van der Waals surface area contributed by atoms with Gasteiger partial charge < -0.3 is 9.84 Å². The fourth-order valence-electron chi connectivity index (χ4n) is 2.17. The molecule has 1 aromatic rings. The quantitative estimate of drug-likeness (QED) is 0.845. The lowest BCUT2D eigenvalue weighted by molar-refractivity contribution is 0.105. The highest BCUT2D eigenvalue weighted by atomic mass is 16.5. The van der Waals surface area contributed by atoms with Crippen LogP contribution in [0.4, 0.5) is 0 Å². The van der Waals surface area contributed by atoms with Gasteiger partial charge in [0.25, 0.3) is 0 Å².